The summed E-state index contributed by atoms with van der Waals surface area (Å²) in [6.07, 6.45) is 7.43. The van der Waals surface area contributed by atoms with Crippen molar-refractivity contribution in [2.24, 2.45) is 0 Å². The Bertz CT molecular complexity index is 159. The van der Waals surface area contributed by atoms with Crippen LogP contribution in [0.2, 0.25) is 0 Å². The van der Waals surface area contributed by atoms with Crippen molar-refractivity contribution in [3.05, 3.63) is 12.7 Å². The summed E-state index contributed by atoms with van der Waals surface area (Å²) in [4.78, 5) is 0. The first kappa shape index (κ1) is 10.7. The fourth-order valence-electron chi connectivity index (χ4n) is 2.04. The smallest absolute Gasteiger partial charge is 0.0905 e. The highest BCUT2D eigenvalue weighted by molar-refractivity contribution is 4.90. The monoisotopic (exact) mass is 184 g/mol. The molecule has 13 heavy (non-hydrogen) atoms. The molecule has 76 valence electrons. The number of aliphatic hydroxyl groups excluding tert-OH is 1. The van der Waals surface area contributed by atoms with Gasteiger partial charge in [0.1, 0.15) is 0 Å². The maximum atomic E-state index is 10.1. The molecule has 0 amide bonds. The van der Waals surface area contributed by atoms with Crippen LogP contribution in [0, 0.1) is 0 Å². The normalized spacial score (nSPS) is 23.8. The van der Waals surface area contributed by atoms with E-state index >= 15 is 0 Å². The Morgan fingerprint density at radius 1 is 1.31 bits per heavy atom. The molecule has 2 N–H and O–H groups in total. The summed E-state index contributed by atoms with van der Waals surface area (Å²) < 4.78 is 0. The molecule has 0 aromatic rings. The lowest BCUT2D eigenvalue weighted by Gasteiger charge is -2.36. The van der Waals surface area contributed by atoms with E-state index in [9.17, 15) is 10.2 Å². The Balaban J connectivity index is 2.41. The van der Waals surface area contributed by atoms with E-state index in [-0.39, 0.29) is 0 Å². The lowest BCUT2D eigenvalue weighted by atomic mass is 9.79. The van der Waals surface area contributed by atoms with Crippen LogP contribution >= 0.6 is 0 Å². The summed E-state index contributed by atoms with van der Waals surface area (Å²) in [5.41, 5.74) is -0.804. The van der Waals surface area contributed by atoms with Crippen molar-refractivity contribution < 1.29 is 10.2 Å². The zero-order valence-electron chi connectivity index (χ0n) is 8.21. The molecule has 1 rings (SSSR count). The fourth-order valence-corrected chi connectivity index (χ4v) is 2.04. The van der Waals surface area contributed by atoms with Crippen LogP contribution < -0.4 is 0 Å². The van der Waals surface area contributed by atoms with E-state index in [1.807, 2.05) is 0 Å². The maximum absolute atomic E-state index is 10.1. The SMILES string of the molecule is C=CCCC(O)C1(O)CCCCC1. The summed E-state index contributed by atoms with van der Waals surface area (Å²) in [5.74, 6) is 0. The molecule has 0 heterocycles. The van der Waals surface area contributed by atoms with E-state index < -0.39 is 11.7 Å². The average molecular weight is 184 g/mol. The molecule has 2 heteroatoms. The van der Waals surface area contributed by atoms with Gasteiger partial charge in [-0.2, -0.15) is 0 Å². The van der Waals surface area contributed by atoms with E-state index in [1.54, 1.807) is 6.08 Å². The third-order valence-electron chi connectivity index (χ3n) is 2.98. The molecule has 1 aliphatic carbocycles. The Labute approximate surface area is 80.3 Å². The molecule has 1 fully saturated rings. The molecule has 0 radical (unpaired) electrons. The predicted molar refractivity (Wildman–Crippen MR) is 53.5 cm³/mol. The Morgan fingerprint density at radius 3 is 2.46 bits per heavy atom. The van der Waals surface area contributed by atoms with Gasteiger partial charge >= 0.3 is 0 Å². The predicted octanol–water partition coefficient (Wildman–Crippen LogP) is 2.01. The molecule has 1 atom stereocenters. The molecular weight excluding hydrogens is 164 g/mol. The summed E-state index contributed by atoms with van der Waals surface area (Å²) in [7, 11) is 0. The van der Waals surface area contributed by atoms with Crippen molar-refractivity contribution in [1.29, 1.82) is 0 Å². The number of aliphatic hydroxyl groups is 2. The van der Waals surface area contributed by atoms with Crippen molar-refractivity contribution in [3.63, 3.8) is 0 Å². The van der Waals surface area contributed by atoms with Crippen LogP contribution in [0.25, 0.3) is 0 Å². The number of hydrogen-bond acceptors (Lipinski definition) is 2. The first-order chi connectivity index (χ1) is 6.19. The van der Waals surface area contributed by atoms with E-state index in [0.717, 1.165) is 32.1 Å². The van der Waals surface area contributed by atoms with Crippen LogP contribution in [0.1, 0.15) is 44.9 Å². The standard InChI is InChI=1S/C11H20O2/c1-2-3-7-10(12)11(13)8-5-4-6-9-11/h2,10,12-13H,1,3-9H2. The van der Waals surface area contributed by atoms with Gasteiger partial charge in [-0.15, -0.1) is 6.58 Å². The van der Waals surface area contributed by atoms with Gasteiger partial charge in [-0.05, 0) is 25.7 Å². The topological polar surface area (TPSA) is 40.5 Å². The van der Waals surface area contributed by atoms with E-state index in [1.165, 1.54) is 6.42 Å². The van der Waals surface area contributed by atoms with E-state index in [0.29, 0.717) is 6.42 Å². The fraction of sp³-hybridized carbons (Fsp3) is 0.818. The molecule has 1 saturated carbocycles. The van der Waals surface area contributed by atoms with Gasteiger partial charge in [-0.25, -0.2) is 0 Å². The van der Waals surface area contributed by atoms with Crippen molar-refractivity contribution in [1.82, 2.24) is 0 Å². The highest BCUT2D eigenvalue weighted by atomic mass is 16.3. The van der Waals surface area contributed by atoms with E-state index in [2.05, 4.69) is 6.58 Å². The van der Waals surface area contributed by atoms with Crippen LogP contribution in [-0.4, -0.2) is 21.9 Å². The second-order valence-electron chi connectivity index (χ2n) is 4.05. The van der Waals surface area contributed by atoms with Gasteiger partial charge < -0.3 is 10.2 Å². The third kappa shape index (κ3) is 2.82. The van der Waals surface area contributed by atoms with Crippen LogP contribution in [0.15, 0.2) is 12.7 Å². The molecule has 0 aromatic heterocycles. The van der Waals surface area contributed by atoms with Gasteiger partial charge in [0.2, 0.25) is 0 Å². The number of allylic oxidation sites excluding steroid dienone is 1. The molecule has 0 aliphatic heterocycles. The van der Waals surface area contributed by atoms with Crippen molar-refractivity contribution in [3.8, 4) is 0 Å². The molecule has 0 aromatic carbocycles. The van der Waals surface area contributed by atoms with Crippen molar-refractivity contribution >= 4 is 0 Å². The first-order valence-corrected chi connectivity index (χ1v) is 5.20. The Kier molecular flexibility index (Phi) is 3.94. The molecule has 1 unspecified atom stereocenters. The lowest BCUT2D eigenvalue weighted by Crippen LogP contribution is -2.43. The summed E-state index contributed by atoms with van der Waals surface area (Å²) in [6.45, 7) is 3.61. The minimum absolute atomic E-state index is 0.564. The van der Waals surface area contributed by atoms with Gasteiger partial charge in [0.15, 0.2) is 0 Å². The van der Waals surface area contributed by atoms with Gasteiger partial charge in [0.05, 0.1) is 11.7 Å². The molecule has 0 spiro atoms. The molecule has 0 saturated heterocycles. The maximum Gasteiger partial charge on any atom is 0.0905 e. The second-order valence-corrected chi connectivity index (χ2v) is 4.05. The van der Waals surface area contributed by atoms with Crippen LogP contribution in [0.5, 0.6) is 0 Å². The Morgan fingerprint density at radius 2 is 1.92 bits per heavy atom. The van der Waals surface area contributed by atoms with Crippen molar-refractivity contribution in [2.45, 2.75) is 56.7 Å². The second kappa shape index (κ2) is 4.77. The summed E-state index contributed by atoms with van der Waals surface area (Å²) in [5, 5.41) is 19.8. The third-order valence-corrected chi connectivity index (χ3v) is 2.98. The molecule has 2 nitrogen and oxygen atoms in total. The highest BCUT2D eigenvalue weighted by Gasteiger charge is 2.35. The van der Waals surface area contributed by atoms with E-state index in [4.69, 9.17) is 0 Å². The van der Waals surface area contributed by atoms with Crippen molar-refractivity contribution in [2.75, 3.05) is 0 Å². The Hall–Kier alpha value is -0.340. The molecular formula is C11H20O2. The number of rotatable bonds is 4. The van der Waals surface area contributed by atoms with Gasteiger partial charge in [0.25, 0.3) is 0 Å². The van der Waals surface area contributed by atoms with Gasteiger partial charge in [-0.3, -0.25) is 0 Å². The average Bonchev–Trinajstić information content (AvgIpc) is 2.15. The van der Waals surface area contributed by atoms with Gasteiger partial charge in [0, 0.05) is 0 Å². The van der Waals surface area contributed by atoms with Crippen LogP contribution in [0.3, 0.4) is 0 Å². The molecule has 0 bridgehead atoms. The van der Waals surface area contributed by atoms with Crippen LogP contribution in [-0.2, 0) is 0 Å². The number of hydrogen-bond donors (Lipinski definition) is 2. The largest absolute Gasteiger partial charge is 0.390 e. The quantitative estimate of drug-likeness (QED) is 0.656. The zero-order valence-corrected chi connectivity index (χ0v) is 8.21. The first-order valence-electron chi connectivity index (χ1n) is 5.20. The summed E-state index contributed by atoms with van der Waals surface area (Å²) >= 11 is 0. The highest BCUT2D eigenvalue weighted by Crippen LogP contribution is 2.32. The van der Waals surface area contributed by atoms with Gasteiger partial charge in [-0.1, -0.05) is 25.3 Å². The molecule has 1 aliphatic rings. The zero-order chi connectivity index (χ0) is 9.73. The lowest BCUT2D eigenvalue weighted by molar-refractivity contribution is -0.0990. The van der Waals surface area contributed by atoms with Crippen LogP contribution in [0.4, 0.5) is 0 Å². The minimum Gasteiger partial charge on any atom is -0.390 e. The minimum atomic E-state index is -0.804. The summed E-state index contributed by atoms with van der Waals surface area (Å²) in [6, 6.07) is 0.